The van der Waals surface area contributed by atoms with Crippen molar-refractivity contribution in [1.82, 2.24) is 0 Å². The molecule has 2 nitrogen and oxygen atoms in total. The fourth-order valence-corrected chi connectivity index (χ4v) is 3.64. The molecule has 2 unspecified atom stereocenters. The molecule has 0 amide bonds. The quantitative estimate of drug-likeness (QED) is 0.465. The van der Waals surface area contributed by atoms with E-state index in [0.29, 0.717) is 24.0 Å². The molecular weight excluding hydrogens is 358 g/mol. The lowest BCUT2D eigenvalue weighted by Gasteiger charge is -2.22. The van der Waals surface area contributed by atoms with Crippen molar-refractivity contribution in [2.45, 2.75) is 39.5 Å². The monoisotopic (exact) mass is 386 g/mol. The molecule has 0 fully saturated rings. The van der Waals surface area contributed by atoms with Gasteiger partial charge in [-0.15, -0.1) is 0 Å². The summed E-state index contributed by atoms with van der Waals surface area (Å²) in [5.41, 5.74) is 0.816. The molecule has 0 radical (unpaired) electrons. The lowest BCUT2D eigenvalue weighted by atomic mass is 9.86. The Kier molecular flexibility index (Phi) is 7.07. The number of hydrogen-bond donors (Lipinski definition) is 0. The summed E-state index contributed by atoms with van der Waals surface area (Å²) in [5, 5.41) is 0. The van der Waals surface area contributed by atoms with Crippen LogP contribution in [0.25, 0.3) is 11.1 Å². The number of benzene rings is 2. The van der Waals surface area contributed by atoms with Gasteiger partial charge < -0.3 is 9.47 Å². The van der Waals surface area contributed by atoms with Crippen LogP contribution < -0.4 is 9.47 Å². The maximum atomic E-state index is 14.4. The molecule has 2 aromatic carbocycles. The van der Waals surface area contributed by atoms with E-state index in [0.717, 1.165) is 12.2 Å². The predicted molar refractivity (Wildman–Crippen MR) is 109 cm³/mol. The molecule has 0 heterocycles. The van der Waals surface area contributed by atoms with Gasteiger partial charge in [-0.05, 0) is 61.9 Å². The maximum Gasteiger partial charge on any atom is 0.201 e. The minimum Gasteiger partial charge on any atom is -0.493 e. The molecule has 1 aliphatic carbocycles. The summed E-state index contributed by atoms with van der Waals surface area (Å²) in [6, 6.07) is 10.1. The molecule has 0 bridgehead atoms. The second-order valence-electron chi connectivity index (χ2n) is 7.28. The second-order valence-corrected chi connectivity index (χ2v) is 7.28. The van der Waals surface area contributed by atoms with Crippen molar-refractivity contribution in [2.75, 3.05) is 13.2 Å². The lowest BCUT2D eigenvalue weighted by molar-refractivity contribution is 0.254. The Labute approximate surface area is 166 Å². The molecule has 2 atom stereocenters. The molecule has 4 heteroatoms. The Bertz CT molecular complexity index is 799. The summed E-state index contributed by atoms with van der Waals surface area (Å²) in [6.07, 6.45) is 9.45. The van der Waals surface area contributed by atoms with Crippen molar-refractivity contribution in [3.63, 3.8) is 0 Å². The minimum absolute atomic E-state index is 0.0644. The summed E-state index contributed by atoms with van der Waals surface area (Å²) in [5.74, 6) is -0.0285. The Morgan fingerprint density at radius 1 is 0.857 bits per heavy atom. The Hall–Kier alpha value is -2.36. The van der Waals surface area contributed by atoms with Crippen LogP contribution in [0.4, 0.5) is 8.78 Å². The minimum atomic E-state index is -0.954. The van der Waals surface area contributed by atoms with Crippen LogP contribution in [0.5, 0.6) is 11.5 Å². The van der Waals surface area contributed by atoms with Crippen LogP contribution in [0.3, 0.4) is 0 Å². The highest BCUT2D eigenvalue weighted by Crippen LogP contribution is 2.31. The van der Waals surface area contributed by atoms with Crippen molar-refractivity contribution < 1.29 is 18.3 Å². The molecule has 1 aliphatic rings. The van der Waals surface area contributed by atoms with Crippen LogP contribution in [0, 0.1) is 23.5 Å². The number of rotatable bonds is 8. The van der Waals surface area contributed by atoms with E-state index in [1.54, 1.807) is 37.3 Å². The van der Waals surface area contributed by atoms with Gasteiger partial charge in [-0.3, -0.25) is 0 Å². The first kappa shape index (κ1) is 20.4. The van der Waals surface area contributed by atoms with Crippen LogP contribution >= 0.6 is 0 Å². The van der Waals surface area contributed by atoms with Gasteiger partial charge in [0.2, 0.25) is 5.82 Å². The van der Waals surface area contributed by atoms with E-state index in [4.69, 9.17) is 9.47 Å². The van der Waals surface area contributed by atoms with Gasteiger partial charge in [0.05, 0.1) is 13.2 Å². The molecule has 28 heavy (non-hydrogen) atoms. The fourth-order valence-electron chi connectivity index (χ4n) is 3.64. The van der Waals surface area contributed by atoms with Crippen molar-refractivity contribution in [1.29, 1.82) is 0 Å². The van der Waals surface area contributed by atoms with Crippen molar-refractivity contribution in [3.05, 3.63) is 60.2 Å². The van der Waals surface area contributed by atoms with Gasteiger partial charge in [-0.25, -0.2) is 4.39 Å². The van der Waals surface area contributed by atoms with Gasteiger partial charge in [0.25, 0.3) is 0 Å². The first-order chi connectivity index (χ1) is 13.6. The Morgan fingerprint density at radius 3 is 2.21 bits per heavy atom. The average molecular weight is 386 g/mol. The van der Waals surface area contributed by atoms with Crippen LogP contribution in [-0.4, -0.2) is 13.2 Å². The van der Waals surface area contributed by atoms with Crippen LogP contribution in [-0.2, 0) is 0 Å². The van der Waals surface area contributed by atoms with Gasteiger partial charge in [0.15, 0.2) is 11.6 Å². The molecule has 3 rings (SSSR count). The van der Waals surface area contributed by atoms with Gasteiger partial charge in [-0.1, -0.05) is 37.6 Å². The van der Waals surface area contributed by atoms with Crippen molar-refractivity contribution in [2.24, 2.45) is 11.8 Å². The number of halogens is 2. The highest BCUT2D eigenvalue weighted by Gasteiger charge is 2.17. The zero-order valence-corrected chi connectivity index (χ0v) is 16.6. The zero-order chi connectivity index (χ0) is 19.9. The zero-order valence-electron chi connectivity index (χ0n) is 16.6. The number of ether oxygens (including phenoxy) is 2. The van der Waals surface area contributed by atoms with E-state index in [-0.39, 0.29) is 17.9 Å². The second kappa shape index (κ2) is 9.72. The van der Waals surface area contributed by atoms with E-state index >= 15 is 0 Å². The molecule has 0 N–H and O–H groups in total. The molecule has 0 saturated carbocycles. The normalized spacial score (nSPS) is 18.9. The summed E-state index contributed by atoms with van der Waals surface area (Å²) >= 11 is 0. The standard InChI is InChI=1S/C24H28F2O2/c1-3-5-17-6-8-18(9-7-17)16-28-20-12-10-19(11-13-20)21-14-15-22(27-4-2)24(26)23(21)25/h6,8,10-15,17-18H,3-5,7,9,16H2,1-2H3. The number of hydrogen-bond acceptors (Lipinski definition) is 2. The van der Waals surface area contributed by atoms with Gasteiger partial charge >= 0.3 is 0 Å². The molecular formula is C24H28F2O2. The highest BCUT2D eigenvalue weighted by atomic mass is 19.2. The third kappa shape index (κ3) is 4.92. The van der Waals surface area contributed by atoms with Crippen LogP contribution in [0.2, 0.25) is 0 Å². The lowest BCUT2D eigenvalue weighted by Crippen LogP contribution is -2.15. The molecule has 0 aliphatic heterocycles. The number of allylic oxidation sites excluding steroid dienone is 1. The predicted octanol–water partition coefficient (Wildman–Crippen LogP) is 6.79. The SMILES string of the molecule is CCCC1C=CC(COc2ccc(-c3ccc(OCC)c(F)c3F)cc2)CC1. The summed E-state index contributed by atoms with van der Waals surface area (Å²) in [4.78, 5) is 0. The smallest absolute Gasteiger partial charge is 0.201 e. The maximum absolute atomic E-state index is 14.4. The van der Waals surface area contributed by atoms with E-state index in [1.165, 1.54) is 25.3 Å². The van der Waals surface area contributed by atoms with Gasteiger partial charge in [0, 0.05) is 11.5 Å². The Morgan fingerprint density at radius 2 is 1.57 bits per heavy atom. The van der Waals surface area contributed by atoms with Crippen LogP contribution in [0.15, 0.2) is 48.6 Å². The average Bonchev–Trinajstić information content (AvgIpc) is 2.72. The van der Waals surface area contributed by atoms with Crippen molar-refractivity contribution >= 4 is 0 Å². The largest absolute Gasteiger partial charge is 0.493 e. The molecule has 150 valence electrons. The van der Waals surface area contributed by atoms with Gasteiger partial charge in [-0.2, -0.15) is 4.39 Å². The molecule has 0 spiro atoms. The van der Waals surface area contributed by atoms with Crippen LogP contribution in [0.1, 0.15) is 39.5 Å². The summed E-state index contributed by atoms with van der Waals surface area (Å²) < 4.78 is 39.4. The molecule has 0 saturated heterocycles. The van der Waals surface area contributed by atoms with Gasteiger partial charge in [0.1, 0.15) is 5.75 Å². The fraction of sp³-hybridized carbons (Fsp3) is 0.417. The van der Waals surface area contributed by atoms with E-state index in [1.807, 2.05) is 0 Å². The topological polar surface area (TPSA) is 18.5 Å². The summed E-state index contributed by atoms with van der Waals surface area (Å²) in [6.45, 7) is 4.88. The molecule has 2 aromatic rings. The Balaban J connectivity index is 1.61. The first-order valence-electron chi connectivity index (χ1n) is 10.1. The van der Waals surface area contributed by atoms with Crippen molar-refractivity contribution in [3.8, 4) is 22.6 Å². The van der Waals surface area contributed by atoms with E-state index in [9.17, 15) is 8.78 Å². The third-order valence-electron chi connectivity index (χ3n) is 5.20. The van der Waals surface area contributed by atoms with E-state index < -0.39 is 11.6 Å². The third-order valence-corrected chi connectivity index (χ3v) is 5.20. The first-order valence-corrected chi connectivity index (χ1v) is 10.1. The highest BCUT2D eigenvalue weighted by molar-refractivity contribution is 5.66. The van der Waals surface area contributed by atoms with E-state index in [2.05, 4.69) is 19.1 Å². The summed E-state index contributed by atoms with van der Waals surface area (Å²) in [7, 11) is 0. The molecule has 0 aromatic heterocycles.